The average molecular weight is 676 g/mol. The van der Waals surface area contributed by atoms with Crippen LogP contribution in [0.3, 0.4) is 0 Å². The molecule has 0 aliphatic rings. The van der Waals surface area contributed by atoms with Gasteiger partial charge < -0.3 is 58.1 Å². The van der Waals surface area contributed by atoms with Gasteiger partial charge in [0.25, 0.3) is 5.56 Å². The van der Waals surface area contributed by atoms with E-state index in [1.807, 2.05) is 14.0 Å². The first-order valence-electron chi connectivity index (χ1n) is 12.7. The molecule has 0 aromatic carbocycles. The molecule has 0 aliphatic carbocycles. The standard InChI is InChI=1S/C15H18N6O3.C6H11NO4.C3H7NO3.CO2.ClH/c1-9-10(6-5-7-16-15(23)24-4)21-13(22)11-12(17-8-19(11)2)20(3)14(21)18-9;1-3-4(5(8)9)7-6(10)11-2;4-2(1-5)3(6)7;2-1-3;/h5-6,8H,7H2,1-4H3,(H,16,23);4H,3H2,1-2H3,(H,7,10)(H,8,9);2,5H,1,4H2,(H,6,7);;1H/p-1/b6-5+;;;;/t;4-;2-;;/m.00../s1. The second-order valence-corrected chi connectivity index (χ2v) is 8.53. The number of aromatic nitrogens is 5. The fraction of sp³-hybridized carbons (Fsp3) is 0.440. The molecule has 0 fully saturated rings. The van der Waals surface area contributed by atoms with Crippen molar-refractivity contribution in [3.05, 3.63) is 34.1 Å². The van der Waals surface area contributed by atoms with Crippen LogP contribution in [0, 0.1) is 6.92 Å². The monoisotopic (exact) mass is 675 g/mol. The predicted octanol–water partition coefficient (Wildman–Crippen LogP) is -4.39. The number of halogens is 1. The van der Waals surface area contributed by atoms with Gasteiger partial charge in [0.1, 0.15) is 12.1 Å². The number of hydrogen-bond acceptors (Lipinski definition) is 13. The molecule has 0 aliphatic heterocycles. The van der Waals surface area contributed by atoms with Crippen molar-refractivity contribution in [1.82, 2.24) is 34.1 Å². The molecule has 0 saturated carbocycles. The normalized spacial score (nSPS) is 11.1. The number of methoxy groups -OCH3 is 2. The number of carbonyl (C=O) groups is 4. The van der Waals surface area contributed by atoms with Gasteiger partial charge in [-0.05, 0) is 19.4 Å². The van der Waals surface area contributed by atoms with Crippen LogP contribution in [-0.4, -0.2) is 109 Å². The number of aliphatic hydroxyl groups is 1. The maximum atomic E-state index is 12.9. The lowest BCUT2D eigenvalue weighted by Gasteiger charge is -2.09. The van der Waals surface area contributed by atoms with Crippen molar-refractivity contribution in [1.29, 1.82) is 0 Å². The van der Waals surface area contributed by atoms with Crippen molar-refractivity contribution in [3.63, 3.8) is 0 Å². The number of nitrogens with two attached hydrogens (primary N) is 1. The maximum absolute atomic E-state index is 12.9. The van der Waals surface area contributed by atoms with E-state index in [-0.39, 0.29) is 30.7 Å². The number of carboxylic acid groups (broad SMARTS) is 2. The van der Waals surface area contributed by atoms with E-state index in [4.69, 9.17) is 30.6 Å². The van der Waals surface area contributed by atoms with E-state index in [1.54, 1.807) is 46.0 Å². The maximum Gasteiger partial charge on any atom is 0.407 e. The van der Waals surface area contributed by atoms with Crippen LogP contribution < -0.4 is 34.3 Å². The number of aryl methyl sites for hydroxylation is 3. The van der Waals surface area contributed by atoms with Gasteiger partial charge in [0.15, 0.2) is 11.2 Å². The van der Waals surface area contributed by atoms with Crippen molar-refractivity contribution >= 4 is 53.3 Å². The van der Waals surface area contributed by atoms with Gasteiger partial charge in [0.2, 0.25) is 5.78 Å². The Kier molecular flexibility index (Phi) is 19.9. The van der Waals surface area contributed by atoms with Gasteiger partial charge in [-0.3, -0.25) is 14.2 Å². The molecular formula is C25H36ClN8O12-. The number of fused-ring (bicyclic) bond motifs is 2. The number of aliphatic hydroxyl groups excluding tert-OH is 1. The Morgan fingerprint density at radius 1 is 1.11 bits per heavy atom. The van der Waals surface area contributed by atoms with Gasteiger partial charge in [-0.1, -0.05) is 13.0 Å². The Bertz CT molecular complexity index is 1590. The lowest BCUT2D eigenvalue weighted by atomic mass is 10.2. The zero-order chi connectivity index (χ0) is 34.9. The largest absolute Gasteiger partial charge is 1.00 e. The van der Waals surface area contributed by atoms with Crippen LogP contribution in [0.2, 0.25) is 0 Å². The van der Waals surface area contributed by atoms with E-state index in [0.29, 0.717) is 34.8 Å². The first kappa shape index (κ1) is 42.8. The fourth-order valence-electron chi connectivity index (χ4n) is 3.26. The molecule has 46 heavy (non-hydrogen) atoms. The third-order valence-corrected chi connectivity index (χ3v) is 5.54. The summed E-state index contributed by atoms with van der Waals surface area (Å²) >= 11 is 0. The quantitative estimate of drug-likeness (QED) is 0.131. The Morgan fingerprint density at radius 2 is 1.67 bits per heavy atom. The number of alkyl carbamates (subject to hydrolysis) is 2. The molecule has 256 valence electrons. The van der Waals surface area contributed by atoms with Crippen molar-refractivity contribution in [3.8, 4) is 0 Å². The highest BCUT2D eigenvalue weighted by Crippen LogP contribution is 2.15. The summed E-state index contributed by atoms with van der Waals surface area (Å²) in [6.07, 6.45) is 4.45. The van der Waals surface area contributed by atoms with Crippen LogP contribution in [-0.2, 0) is 42.7 Å². The second kappa shape index (κ2) is 21.4. The number of nitrogens with zero attached hydrogens (tertiary/aromatic N) is 5. The molecule has 0 spiro atoms. The lowest BCUT2D eigenvalue weighted by molar-refractivity contribution is -0.191. The van der Waals surface area contributed by atoms with Gasteiger partial charge in [-0.2, -0.15) is 9.59 Å². The average Bonchev–Trinajstić information content (AvgIpc) is 3.56. The third kappa shape index (κ3) is 12.4. The van der Waals surface area contributed by atoms with Gasteiger partial charge in [0.05, 0.1) is 38.5 Å². The number of rotatable bonds is 8. The minimum Gasteiger partial charge on any atom is -1.00 e. The highest BCUT2D eigenvalue weighted by Gasteiger charge is 2.18. The Morgan fingerprint density at radius 3 is 2.11 bits per heavy atom. The molecule has 20 nitrogen and oxygen atoms in total. The molecule has 21 heteroatoms. The third-order valence-electron chi connectivity index (χ3n) is 5.54. The zero-order valence-corrected chi connectivity index (χ0v) is 26.5. The molecule has 2 atom stereocenters. The molecule has 7 N–H and O–H groups in total. The number of imidazole rings is 2. The van der Waals surface area contributed by atoms with E-state index in [0.717, 1.165) is 0 Å². The number of nitrogens with one attached hydrogen (secondary N) is 2. The van der Waals surface area contributed by atoms with Crippen LogP contribution >= 0.6 is 0 Å². The zero-order valence-electron chi connectivity index (χ0n) is 25.7. The van der Waals surface area contributed by atoms with Crippen LogP contribution in [0.4, 0.5) is 9.59 Å². The molecule has 0 radical (unpaired) electrons. The summed E-state index contributed by atoms with van der Waals surface area (Å²) in [6, 6.07) is -1.98. The van der Waals surface area contributed by atoms with Gasteiger partial charge >= 0.3 is 30.3 Å². The van der Waals surface area contributed by atoms with Crippen LogP contribution in [0.1, 0.15) is 24.7 Å². The summed E-state index contributed by atoms with van der Waals surface area (Å²) in [4.78, 5) is 79.4. The van der Waals surface area contributed by atoms with E-state index < -0.39 is 42.8 Å². The number of amides is 2. The van der Waals surface area contributed by atoms with E-state index in [1.165, 1.54) is 14.2 Å². The molecule has 0 unspecified atom stereocenters. The molecule has 3 heterocycles. The van der Waals surface area contributed by atoms with E-state index in [9.17, 15) is 24.0 Å². The Labute approximate surface area is 267 Å². The number of carbonyl (C=O) groups excluding carboxylic acids is 4. The molecule has 0 saturated heterocycles. The summed E-state index contributed by atoms with van der Waals surface area (Å²) in [5.74, 6) is -1.72. The number of hydrogen-bond donors (Lipinski definition) is 6. The Balaban J connectivity index is 0. The van der Waals surface area contributed by atoms with Crippen molar-refractivity contribution in [2.45, 2.75) is 32.4 Å². The minimum absolute atomic E-state index is 0. The SMILES string of the molecule is CC[C@H](NC(=O)OC)C(=O)O.COC(=O)NC/C=C/c1c(C)nc2n(C)c3ncn(C)c3c(=O)n12.N[C@@H](CO)C(=O)O.O=C=O.[Cl-]. The van der Waals surface area contributed by atoms with E-state index >= 15 is 0 Å². The van der Waals surface area contributed by atoms with Crippen molar-refractivity contribution < 1.29 is 66.0 Å². The Hall–Kier alpha value is -5.30. The number of carboxylic acids is 2. The van der Waals surface area contributed by atoms with Crippen LogP contribution in [0.5, 0.6) is 0 Å². The molecule has 2 amide bonds. The number of ether oxygens (including phenoxy) is 2. The van der Waals surface area contributed by atoms with Gasteiger partial charge in [-0.25, -0.2) is 28.8 Å². The van der Waals surface area contributed by atoms with Crippen LogP contribution in [0.25, 0.3) is 23.0 Å². The summed E-state index contributed by atoms with van der Waals surface area (Å²) in [7, 11) is 6.09. The molecule has 3 rings (SSSR count). The predicted molar refractivity (Wildman–Crippen MR) is 154 cm³/mol. The topological polar surface area (TPSA) is 289 Å². The van der Waals surface area contributed by atoms with Gasteiger partial charge in [-0.15, -0.1) is 0 Å². The molecule has 0 bridgehead atoms. The lowest BCUT2D eigenvalue weighted by Crippen LogP contribution is -3.00. The first-order valence-corrected chi connectivity index (χ1v) is 12.7. The summed E-state index contributed by atoms with van der Waals surface area (Å²) in [6.45, 7) is 3.27. The van der Waals surface area contributed by atoms with Crippen molar-refractivity contribution in [2.24, 2.45) is 19.8 Å². The van der Waals surface area contributed by atoms with E-state index in [2.05, 4.69) is 30.1 Å². The fourth-order valence-corrected chi connectivity index (χ4v) is 3.26. The highest BCUT2D eigenvalue weighted by atomic mass is 35.5. The van der Waals surface area contributed by atoms with Crippen molar-refractivity contribution in [2.75, 3.05) is 27.4 Å². The second-order valence-electron chi connectivity index (χ2n) is 8.53. The smallest absolute Gasteiger partial charge is 0.407 e. The molecular weight excluding hydrogens is 640 g/mol. The van der Waals surface area contributed by atoms with Crippen LogP contribution in [0.15, 0.2) is 17.2 Å². The first-order chi connectivity index (χ1) is 21.2. The molecule has 3 aromatic rings. The van der Waals surface area contributed by atoms with Gasteiger partial charge in [0, 0.05) is 20.6 Å². The highest BCUT2D eigenvalue weighted by molar-refractivity contribution is 5.79. The summed E-state index contributed by atoms with van der Waals surface area (Å²) in [5.41, 5.74) is 7.06. The number of aliphatic carboxylic acids is 2. The minimum atomic E-state index is -1.18. The summed E-state index contributed by atoms with van der Waals surface area (Å²) < 4.78 is 13.8. The molecule has 3 aromatic heterocycles. The summed E-state index contributed by atoms with van der Waals surface area (Å²) in [5, 5.41) is 29.0.